The average Bonchev–Trinajstić information content (AvgIpc) is 3.11. The Bertz CT molecular complexity index is 1110. The number of amides is 1. The van der Waals surface area contributed by atoms with E-state index in [-0.39, 0.29) is 5.91 Å². The summed E-state index contributed by atoms with van der Waals surface area (Å²) >= 11 is 0. The number of fused-ring (bicyclic) bond motifs is 1. The topological polar surface area (TPSA) is 64.4 Å². The largest absolute Gasteiger partial charge is 0.497 e. The normalized spacial score (nSPS) is 10.7. The second-order valence-corrected chi connectivity index (χ2v) is 6.20. The number of methoxy groups -OCH3 is 1. The fourth-order valence-electron chi connectivity index (χ4n) is 2.89. The van der Waals surface area contributed by atoms with E-state index in [2.05, 4.69) is 10.3 Å². The molecule has 4 aromatic rings. The lowest BCUT2D eigenvalue weighted by molar-refractivity contribution is 0.102. The molecule has 0 saturated heterocycles. The van der Waals surface area contributed by atoms with Crippen molar-refractivity contribution in [3.63, 3.8) is 0 Å². The molecule has 0 radical (unpaired) electrons. The fraction of sp³-hybridized carbons (Fsp3) is 0.0909. The molecule has 3 aromatic carbocycles. The Hall–Kier alpha value is -3.60. The van der Waals surface area contributed by atoms with E-state index in [9.17, 15) is 4.79 Å². The Morgan fingerprint density at radius 3 is 2.56 bits per heavy atom. The maximum Gasteiger partial charge on any atom is 0.255 e. The molecule has 1 heterocycles. The molecule has 0 aliphatic rings. The Kier molecular flexibility index (Phi) is 4.34. The van der Waals surface area contributed by atoms with Crippen LogP contribution in [0.2, 0.25) is 0 Å². The fourth-order valence-corrected chi connectivity index (χ4v) is 2.89. The number of anilines is 1. The Morgan fingerprint density at radius 2 is 1.81 bits per heavy atom. The first-order chi connectivity index (χ1) is 13.1. The summed E-state index contributed by atoms with van der Waals surface area (Å²) < 4.78 is 11.0. The monoisotopic (exact) mass is 358 g/mol. The number of nitrogens with zero attached hydrogens (tertiary/aromatic N) is 1. The van der Waals surface area contributed by atoms with E-state index in [0.29, 0.717) is 28.2 Å². The van der Waals surface area contributed by atoms with Gasteiger partial charge in [0.2, 0.25) is 5.89 Å². The van der Waals surface area contributed by atoms with Crippen molar-refractivity contribution >= 4 is 22.7 Å². The number of hydrogen-bond acceptors (Lipinski definition) is 4. The number of aromatic nitrogens is 1. The highest BCUT2D eigenvalue weighted by molar-refractivity contribution is 6.05. The van der Waals surface area contributed by atoms with E-state index >= 15 is 0 Å². The predicted octanol–water partition coefficient (Wildman–Crippen LogP) is 5.06. The van der Waals surface area contributed by atoms with E-state index in [0.717, 1.165) is 16.9 Å². The van der Waals surface area contributed by atoms with E-state index in [1.165, 1.54) is 0 Å². The Balaban J connectivity index is 1.60. The molecule has 4 rings (SSSR count). The smallest absolute Gasteiger partial charge is 0.255 e. The molecule has 27 heavy (non-hydrogen) atoms. The van der Waals surface area contributed by atoms with Gasteiger partial charge < -0.3 is 14.5 Å². The molecule has 1 N–H and O–H groups in total. The van der Waals surface area contributed by atoms with Crippen LogP contribution in [0.3, 0.4) is 0 Å². The number of rotatable bonds is 4. The van der Waals surface area contributed by atoms with Crippen LogP contribution in [-0.2, 0) is 0 Å². The minimum Gasteiger partial charge on any atom is -0.497 e. The highest BCUT2D eigenvalue weighted by Crippen LogP contribution is 2.27. The Labute approximate surface area is 156 Å². The van der Waals surface area contributed by atoms with Gasteiger partial charge in [-0.05, 0) is 61.0 Å². The van der Waals surface area contributed by atoms with Crippen molar-refractivity contribution in [1.29, 1.82) is 0 Å². The highest BCUT2D eigenvalue weighted by Gasteiger charge is 2.12. The van der Waals surface area contributed by atoms with Crippen LogP contribution >= 0.6 is 0 Å². The van der Waals surface area contributed by atoms with Crippen LogP contribution in [0.15, 0.2) is 71.1 Å². The number of aryl methyl sites for hydroxylation is 1. The second kappa shape index (κ2) is 6.96. The van der Waals surface area contributed by atoms with Gasteiger partial charge in [-0.1, -0.05) is 18.2 Å². The molecule has 5 nitrogen and oxygen atoms in total. The third-order valence-corrected chi connectivity index (χ3v) is 4.37. The molecule has 0 aliphatic heterocycles. The maximum atomic E-state index is 12.5. The second-order valence-electron chi connectivity index (χ2n) is 6.20. The zero-order valence-corrected chi connectivity index (χ0v) is 15.0. The van der Waals surface area contributed by atoms with Crippen LogP contribution in [0.25, 0.3) is 22.6 Å². The third-order valence-electron chi connectivity index (χ3n) is 4.37. The van der Waals surface area contributed by atoms with Gasteiger partial charge in [-0.2, -0.15) is 0 Å². The standard InChI is InChI=1S/C22H18N2O3/c1-14-5-3-4-6-18(14)21(25)23-16-9-12-20-19(13-16)24-22(27-20)15-7-10-17(26-2)11-8-15/h3-13H,1-2H3,(H,23,25). The van der Waals surface area contributed by atoms with E-state index in [4.69, 9.17) is 9.15 Å². The van der Waals surface area contributed by atoms with Crippen LogP contribution in [0.4, 0.5) is 5.69 Å². The molecule has 1 aromatic heterocycles. The van der Waals surface area contributed by atoms with Crippen molar-refractivity contribution in [2.75, 3.05) is 12.4 Å². The number of hydrogen-bond donors (Lipinski definition) is 1. The van der Waals surface area contributed by atoms with E-state index < -0.39 is 0 Å². The van der Waals surface area contributed by atoms with Crippen LogP contribution in [-0.4, -0.2) is 18.0 Å². The van der Waals surface area contributed by atoms with Crippen LogP contribution < -0.4 is 10.1 Å². The zero-order chi connectivity index (χ0) is 18.8. The van der Waals surface area contributed by atoms with Crippen molar-refractivity contribution in [2.24, 2.45) is 0 Å². The lowest BCUT2D eigenvalue weighted by Crippen LogP contribution is -2.13. The maximum absolute atomic E-state index is 12.5. The summed E-state index contributed by atoms with van der Waals surface area (Å²) in [5, 5.41) is 2.92. The number of nitrogens with one attached hydrogen (secondary N) is 1. The first-order valence-corrected chi connectivity index (χ1v) is 8.56. The lowest BCUT2D eigenvalue weighted by atomic mass is 10.1. The van der Waals surface area contributed by atoms with Crippen molar-refractivity contribution in [3.05, 3.63) is 77.9 Å². The third kappa shape index (κ3) is 3.40. The summed E-state index contributed by atoms with van der Waals surface area (Å²) in [7, 11) is 1.63. The Morgan fingerprint density at radius 1 is 1.04 bits per heavy atom. The molecule has 0 unspecified atom stereocenters. The molecule has 1 amide bonds. The van der Waals surface area contributed by atoms with Crippen molar-refractivity contribution in [2.45, 2.75) is 6.92 Å². The first kappa shape index (κ1) is 16.8. The molecule has 0 bridgehead atoms. The summed E-state index contributed by atoms with van der Waals surface area (Å²) in [5.74, 6) is 1.15. The van der Waals surface area contributed by atoms with Gasteiger partial charge >= 0.3 is 0 Å². The van der Waals surface area contributed by atoms with Crippen LogP contribution in [0.1, 0.15) is 15.9 Å². The van der Waals surface area contributed by atoms with Crippen LogP contribution in [0, 0.1) is 6.92 Å². The van der Waals surface area contributed by atoms with Gasteiger partial charge in [0.1, 0.15) is 11.3 Å². The van der Waals surface area contributed by atoms with Gasteiger partial charge in [-0.3, -0.25) is 4.79 Å². The molecule has 0 saturated carbocycles. The first-order valence-electron chi connectivity index (χ1n) is 8.56. The summed E-state index contributed by atoms with van der Waals surface area (Å²) in [6, 6.07) is 20.4. The molecule has 5 heteroatoms. The van der Waals surface area contributed by atoms with Crippen molar-refractivity contribution < 1.29 is 13.9 Å². The lowest BCUT2D eigenvalue weighted by Gasteiger charge is -2.07. The van der Waals surface area contributed by atoms with Gasteiger partial charge in [-0.15, -0.1) is 0 Å². The highest BCUT2D eigenvalue weighted by atomic mass is 16.5. The molecular formula is C22H18N2O3. The van der Waals surface area contributed by atoms with Gasteiger partial charge in [-0.25, -0.2) is 4.98 Å². The van der Waals surface area contributed by atoms with Crippen LogP contribution in [0.5, 0.6) is 5.75 Å². The minimum absolute atomic E-state index is 0.147. The SMILES string of the molecule is COc1ccc(-c2nc3cc(NC(=O)c4ccccc4C)ccc3o2)cc1. The molecule has 0 spiro atoms. The summed E-state index contributed by atoms with van der Waals surface area (Å²) in [5.41, 5.74) is 4.46. The molecule has 0 aliphatic carbocycles. The molecular weight excluding hydrogens is 340 g/mol. The number of carbonyl (C=O) groups excluding carboxylic acids is 1. The summed E-state index contributed by atoms with van der Waals surface area (Å²) in [6.45, 7) is 1.91. The van der Waals surface area contributed by atoms with Gasteiger partial charge in [0.15, 0.2) is 5.58 Å². The van der Waals surface area contributed by atoms with E-state index in [1.807, 2.05) is 67.6 Å². The predicted molar refractivity (Wildman–Crippen MR) is 105 cm³/mol. The number of benzene rings is 3. The zero-order valence-electron chi connectivity index (χ0n) is 15.0. The van der Waals surface area contributed by atoms with Gasteiger partial charge in [0.25, 0.3) is 5.91 Å². The van der Waals surface area contributed by atoms with E-state index in [1.54, 1.807) is 13.2 Å². The van der Waals surface area contributed by atoms with Crippen molar-refractivity contribution in [1.82, 2.24) is 4.98 Å². The number of oxazole rings is 1. The summed E-state index contributed by atoms with van der Waals surface area (Å²) in [6.07, 6.45) is 0. The average molecular weight is 358 g/mol. The van der Waals surface area contributed by atoms with Gasteiger partial charge in [0, 0.05) is 16.8 Å². The van der Waals surface area contributed by atoms with Crippen molar-refractivity contribution in [3.8, 4) is 17.2 Å². The molecule has 0 fully saturated rings. The minimum atomic E-state index is -0.147. The number of ether oxygens (including phenoxy) is 1. The van der Waals surface area contributed by atoms with Gasteiger partial charge in [0.05, 0.1) is 7.11 Å². The quantitative estimate of drug-likeness (QED) is 0.553. The molecule has 134 valence electrons. The summed E-state index contributed by atoms with van der Waals surface area (Å²) in [4.78, 5) is 17.0. The number of carbonyl (C=O) groups is 1. The molecule has 0 atom stereocenters.